The van der Waals surface area contributed by atoms with Gasteiger partial charge in [0.1, 0.15) is 0 Å². The van der Waals surface area contributed by atoms with Gasteiger partial charge in [0.2, 0.25) is 5.91 Å². The average Bonchev–Trinajstić information content (AvgIpc) is 2.59. The fourth-order valence-corrected chi connectivity index (χ4v) is 2.82. The van der Waals surface area contributed by atoms with Crippen LogP contribution in [0.4, 0.5) is 0 Å². The molecule has 0 saturated carbocycles. The summed E-state index contributed by atoms with van der Waals surface area (Å²) in [6, 6.07) is 7.50. The SMILES string of the molecule is CCC(C)(C)CC(=O)NCc1cccc(C(=O)N2CCOC(C)C2)c1. The first-order valence-corrected chi connectivity index (χ1v) is 9.07. The summed E-state index contributed by atoms with van der Waals surface area (Å²) in [6.07, 6.45) is 1.54. The van der Waals surface area contributed by atoms with Gasteiger partial charge >= 0.3 is 0 Å². The molecule has 5 nitrogen and oxygen atoms in total. The molecule has 1 aliphatic heterocycles. The fraction of sp³-hybridized carbons (Fsp3) is 0.600. The highest BCUT2D eigenvalue weighted by molar-refractivity contribution is 5.94. The lowest BCUT2D eigenvalue weighted by atomic mass is 9.86. The van der Waals surface area contributed by atoms with Crippen LogP contribution in [0.2, 0.25) is 0 Å². The summed E-state index contributed by atoms with van der Waals surface area (Å²) in [4.78, 5) is 26.6. The van der Waals surface area contributed by atoms with Gasteiger partial charge < -0.3 is 15.0 Å². The molecule has 138 valence electrons. The van der Waals surface area contributed by atoms with Crippen molar-refractivity contribution in [3.05, 3.63) is 35.4 Å². The maximum absolute atomic E-state index is 12.6. The van der Waals surface area contributed by atoms with Crippen LogP contribution in [0.3, 0.4) is 0 Å². The van der Waals surface area contributed by atoms with Gasteiger partial charge in [-0.15, -0.1) is 0 Å². The number of ether oxygens (including phenoxy) is 1. The molecule has 2 amide bonds. The summed E-state index contributed by atoms with van der Waals surface area (Å²) in [6.45, 7) is 10.5. The van der Waals surface area contributed by atoms with E-state index in [0.717, 1.165) is 12.0 Å². The van der Waals surface area contributed by atoms with Crippen molar-refractivity contribution in [1.82, 2.24) is 10.2 Å². The molecule has 0 aliphatic carbocycles. The summed E-state index contributed by atoms with van der Waals surface area (Å²) in [5.41, 5.74) is 1.61. The van der Waals surface area contributed by atoms with Gasteiger partial charge in [-0.2, -0.15) is 0 Å². The Morgan fingerprint density at radius 3 is 2.80 bits per heavy atom. The number of carbonyl (C=O) groups is 2. The lowest BCUT2D eigenvalue weighted by Crippen LogP contribution is -2.44. The zero-order valence-corrected chi connectivity index (χ0v) is 15.8. The number of nitrogens with zero attached hydrogens (tertiary/aromatic N) is 1. The predicted molar refractivity (Wildman–Crippen MR) is 98.3 cm³/mol. The Balaban J connectivity index is 1.94. The molecule has 1 aromatic carbocycles. The van der Waals surface area contributed by atoms with Gasteiger partial charge in [0, 0.05) is 31.6 Å². The van der Waals surface area contributed by atoms with Gasteiger partial charge in [-0.1, -0.05) is 39.3 Å². The Morgan fingerprint density at radius 1 is 1.36 bits per heavy atom. The average molecular weight is 346 g/mol. The second-order valence-corrected chi connectivity index (χ2v) is 7.60. The topological polar surface area (TPSA) is 58.6 Å². The molecule has 0 bridgehead atoms. The smallest absolute Gasteiger partial charge is 0.254 e. The Labute approximate surface area is 150 Å². The first-order valence-electron chi connectivity index (χ1n) is 9.07. The van der Waals surface area contributed by atoms with Crippen LogP contribution in [0.25, 0.3) is 0 Å². The van der Waals surface area contributed by atoms with Crippen LogP contribution in [-0.2, 0) is 16.1 Å². The van der Waals surface area contributed by atoms with E-state index in [-0.39, 0.29) is 23.3 Å². The summed E-state index contributed by atoms with van der Waals surface area (Å²) < 4.78 is 5.49. The molecular formula is C20H30N2O3. The Morgan fingerprint density at radius 2 is 2.12 bits per heavy atom. The third-order valence-corrected chi connectivity index (χ3v) is 4.79. The van der Waals surface area contributed by atoms with Crippen molar-refractivity contribution in [3.8, 4) is 0 Å². The molecular weight excluding hydrogens is 316 g/mol. The standard InChI is InChI=1S/C20H30N2O3/c1-5-20(3,4)12-18(23)21-13-16-7-6-8-17(11-16)19(24)22-9-10-25-15(2)14-22/h6-8,11,15H,5,9-10,12-14H2,1-4H3,(H,21,23). The second kappa shape index (κ2) is 8.48. The van der Waals surface area contributed by atoms with Crippen LogP contribution in [0.1, 0.15) is 56.5 Å². The number of carbonyl (C=O) groups excluding carboxylic acids is 2. The molecule has 0 spiro atoms. The number of morpholine rings is 1. The quantitative estimate of drug-likeness (QED) is 0.861. The van der Waals surface area contributed by atoms with Crippen LogP contribution in [0.15, 0.2) is 24.3 Å². The minimum absolute atomic E-state index is 0.00885. The molecule has 1 unspecified atom stereocenters. The zero-order chi connectivity index (χ0) is 18.4. The largest absolute Gasteiger partial charge is 0.375 e. The molecule has 0 radical (unpaired) electrons. The van der Waals surface area contributed by atoms with Crippen molar-refractivity contribution in [2.45, 2.75) is 53.2 Å². The van der Waals surface area contributed by atoms with Crippen molar-refractivity contribution < 1.29 is 14.3 Å². The van der Waals surface area contributed by atoms with E-state index in [1.807, 2.05) is 36.1 Å². The van der Waals surface area contributed by atoms with Crippen molar-refractivity contribution in [3.63, 3.8) is 0 Å². The lowest BCUT2D eigenvalue weighted by Gasteiger charge is -2.31. The highest BCUT2D eigenvalue weighted by Gasteiger charge is 2.23. The molecule has 1 atom stereocenters. The van der Waals surface area contributed by atoms with E-state index in [4.69, 9.17) is 4.74 Å². The fourth-order valence-electron chi connectivity index (χ4n) is 2.82. The van der Waals surface area contributed by atoms with Crippen molar-refractivity contribution in [2.24, 2.45) is 5.41 Å². The van der Waals surface area contributed by atoms with Gasteiger partial charge in [0.05, 0.1) is 12.7 Å². The Kier molecular flexibility index (Phi) is 6.59. The molecule has 2 rings (SSSR count). The molecule has 1 fully saturated rings. The minimum atomic E-state index is 0.00885. The third-order valence-electron chi connectivity index (χ3n) is 4.79. The van der Waals surface area contributed by atoms with E-state index < -0.39 is 0 Å². The molecule has 5 heteroatoms. The van der Waals surface area contributed by atoms with E-state index in [0.29, 0.717) is 38.2 Å². The summed E-state index contributed by atoms with van der Waals surface area (Å²) >= 11 is 0. The van der Waals surface area contributed by atoms with Crippen molar-refractivity contribution in [2.75, 3.05) is 19.7 Å². The van der Waals surface area contributed by atoms with Gasteiger partial charge in [-0.05, 0) is 30.0 Å². The summed E-state index contributed by atoms with van der Waals surface area (Å²) in [5.74, 6) is 0.0704. The van der Waals surface area contributed by atoms with Gasteiger partial charge in [-0.25, -0.2) is 0 Å². The van der Waals surface area contributed by atoms with Gasteiger partial charge in [0.15, 0.2) is 0 Å². The lowest BCUT2D eigenvalue weighted by molar-refractivity contribution is -0.123. The molecule has 1 aliphatic rings. The Hall–Kier alpha value is -1.88. The van der Waals surface area contributed by atoms with E-state index in [2.05, 4.69) is 26.1 Å². The van der Waals surface area contributed by atoms with Crippen molar-refractivity contribution in [1.29, 1.82) is 0 Å². The van der Waals surface area contributed by atoms with Crippen LogP contribution in [0, 0.1) is 5.41 Å². The maximum atomic E-state index is 12.6. The monoisotopic (exact) mass is 346 g/mol. The number of nitrogens with one attached hydrogen (secondary N) is 1. The van der Waals surface area contributed by atoms with Gasteiger partial charge in [0.25, 0.3) is 5.91 Å². The first kappa shape index (κ1) is 19.4. The van der Waals surface area contributed by atoms with Crippen LogP contribution < -0.4 is 5.32 Å². The minimum Gasteiger partial charge on any atom is -0.375 e. The molecule has 1 saturated heterocycles. The molecule has 0 aromatic heterocycles. The van der Waals surface area contributed by atoms with Crippen LogP contribution in [-0.4, -0.2) is 42.5 Å². The van der Waals surface area contributed by atoms with E-state index in [1.165, 1.54) is 0 Å². The highest BCUT2D eigenvalue weighted by atomic mass is 16.5. The molecule has 1 heterocycles. The molecule has 25 heavy (non-hydrogen) atoms. The maximum Gasteiger partial charge on any atom is 0.254 e. The number of hydrogen-bond donors (Lipinski definition) is 1. The number of rotatable bonds is 6. The summed E-state index contributed by atoms with van der Waals surface area (Å²) in [7, 11) is 0. The normalized spacial score (nSPS) is 18.1. The highest BCUT2D eigenvalue weighted by Crippen LogP contribution is 2.24. The van der Waals surface area contributed by atoms with Crippen LogP contribution >= 0.6 is 0 Å². The number of amides is 2. The first-order chi connectivity index (χ1) is 11.8. The number of benzene rings is 1. The third kappa shape index (κ3) is 5.85. The Bertz CT molecular complexity index is 613. The van der Waals surface area contributed by atoms with E-state index >= 15 is 0 Å². The zero-order valence-electron chi connectivity index (χ0n) is 15.8. The summed E-state index contributed by atoms with van der Waals surface area (Å²) in [5, 5.41) is 2.96. The molecule has 1 aromatic rings. The second-order valence-electron chi connectivity index (χ2n) is 7.60. The van der Waals surface area contributed by atoms with E-state index in [9.17, 15) is 9.59 Å². The molecule has 1 N–H and O–H groups in total. The van der Waals surface area contributed by atoms with Crippen LogP contribution in [0.5, 0.6) is 0 Å². The van der Waals surface area contributed by atoms with E-state index in [1.54, 1.807) is 0 Å². The predicted octanol–water partition coefficient (Wildman–Crippen LogP) is 2.99. The van der Waals surface area contributed by atoms with Gasteiger partial charge in [-0.3, -0.25) is 9.59 Å². The number of hydrogen-bond acceptors (Lipinski definition) is 3. The van der Waals surface area contributed by atoms with Crippen molar-refractivity contribution >= 4 is 11.8 Å².